The molecule has 0 bridgehead atoms. The van der Waals surface area contributed by atoms with Gasteiger partial charge in [0.05, 0.1) is 19.6 Å². The number of rotatable bonds is 24. The Labute approximate surface area is 219 Å². The molecule has 0 aliphatic rings. The maximum atomic E-state index is 9.73. The van der Waals surface area contributed by atoms with Gasteiger partial charge in [0.25, 0.3) is 0 Å². The molecule has 0 aromatic heterocycles. The molecule has 4 heteroatoms. The summed E-state index contributed by atoms with van der Waals surface area (Å²) >= 11 is 0. The minimum Gasteiger partial charge on any atom is -0.423 e. The van der Waals surface area contributed by atoms with Crippen molar-refractivity contribution in [1.82, 2.24) is 0 Å². The van der Waals surface area contributed by atoms with Gasteiger partial charge in [-0.05, 0) is 44.0 Å². The summed E-state index contributed by atoms with van der Waals surface area (Å²) in [4.78, 5) is 0. The first-order chi connectivity index (χ1) is 17.1. The molecule has 0 amide bonds. The Bertz CT molecular complexity index is 567. The van der Waals surface area contributed by atoms with Gasteiger partial charge < -0.3 is 14.5 Å². The van der Waals surface area contributed by atoms with E-state index in [1.807, 2.05) is 18.2 Å². The molecule has 0 aliphatic carbocycles. The zero-order valence-electron chi connectivity index (χ0n) is 23.8. The maximum Gasteiger partial charge on any atom is 0.488 e. The number of nitrogens with zero attached hydrogens (tertiary/aromatic N) is 1. The summed E-state index contributed by atoms with van der Waals surface area (Å²) in [6, 6.07) is 8.06. The van der Waals surface area contributed by atoms with Crippen LogP contribution in [0.1, 0.15) is 142 Å². The summed E-state index contributed by atoms with van der Waals surface area (Å²) in [6.07, 6.45) is 24.3. The molecule has 3 nitrogen and oxygen atoms in total. The summed E-state index contributed by atoms with van der Waals surface area (Å²) in [6.45, 7) is 11.7. The van der Waals surface area contributed by atoms with Crippen molar-refractivity contribution in [2.45, 2.75) is 143 Å². The maximum absolute atomic E-state index is 9.73. The molecule has 0 unspecified atom stereocenters. The topological polar surface area (TPSA) is 40.5 Å². The average molecular weight is 489 g/mol. The van der Waals surface area contributed by atoms with Gasteiger partial charge in [-0.15, -0.1) is 0 Å². The van der Waals surface area contributed by atoms with Gasteiger partial charge in [-0.3, -0.25) is 0 Å². The lowest BCUT2D eigenvalue weighted by Crippen LogP contribution is -2.49. The van der Waals surface area contributed by atoms with Crippen molar-refractivity contribution in [3.8, 4) is 0 Å². The Balaban J connectivity index is 2.88. The van der Waals surface area contributed by atoms with Crippen LogP contribution in [0.5, 0.6) is 0 Å². The Hall–Kier alpha value is -0.835. The average Bonchev–Trinajstić information content (AvgIpc) is 2.85. The first-order valence-electron chi connectivity index (χ1n) is 15.4. The quantitative estimate of drug-likeness (QED) is 0.0887. The largest absolute Gasteiger partial charge is 0.488 e. The highest BCUT2D eigenvalue weighted by atomic mass is 16.4. The van der Waals surface area contributed by atoms with Gasteiger partial charge in [0.15, 0.2) is 0 Å². The predicted octanol–water partition coefficient (Wildman–Crippen LogP) is 7.76. The fraction of sp³-hybridized carbons (Fsp3) is 0.806. The Morgan fingerprint density at radius 1 is 0.571 bits per heavy atom. The minimum atomic E-state index is -1.38. The lowest BCUT2D eigenvalue weighted by Gasteiger charge is -2.40. The van der Waals surface area contributed by atoms with E-state index in [4.69, 9.17) is 0 Å². The zero-order valence-corrected chi connectivity index (χ0v) is 23.8. The third-order valence-electron chi connectivity index (χ3n) is 7.73. The molecule has 2 N–H and O–H groups in total. The number of hydrogen-bond acceptors (Lipinski definition) is 2. The van der Waals surface area contributed by atoms with Crippen LogP contribution in [-0.4, -0.2) is 41.3 Å². The molecular weight excluding hydrogens is 429 g/mol. The highest BCUT2D eigenvalue weighted by Gasteiger charge is 2.27. The second-order valence-corrected chi connectivity index (χ2v) is 11.1. The van der Waals surface area contributed by atoms with Crippen molar-refractivity contribution in [1.29, 1.82) is 0 Å². The van der Waals surface area contributed by atoms with E-state index < -0.39 is 7.12 Å². The summed E-state index contributed by atoms with van der Waals surface area (Å²) in [5.74, 6) is 0. The second-order valence-electron chi connectivity index (χ2n) is 11.1. The van der Waals surface area contributed by atoms with E-state index in [0.29, 0.717) is 5.46 Å². The SMILES string of the molecule is CCCCCCCC[N+](CCCCCCCC)(CCCCCCCC)Cc1cccc(B(O)O)c1. The van der Waals surface area contributed by atoms with Crippen LogP contribution < -0.4 is 5.46 Å². The van der Waals surface area contributed by atoms with Crippen molar-refractivity contribution < 1.29 is 14.5 Å². The molecular formula is C31H59BNO2+. The van der Waals surface area contributed by atoms with Gasteiger partial charge in [-0.25, -0.2) is 0 Å². The normalized spacial score (nSPS) is 11.8. The third-order valence-corrected chi connectivity index (χ3v) is 7.73. The molecule has 202 valence electrons. The van der Waals surface area contributed by atoms with Crippen LogP contribution in [0.2, 0.25) is 0 Å². The van der Waals surface area contributed by atoms with Crippen molar-refractivity contribution in [3.05, 3.63) is 29.8 Å². The van der Waals surface area contributed by atoms with Crippen LogP contribution in [-0.2, 0) is 6.54 Å². The van der Waals surface area contributed by atoms with E-state index in [0.717, 1.165) is 6.54 Å². The van der Waals surface area contributed by atoms with E-state index in [9.17, 15) is 10.0 Å². The van der Waals surface area contributed by atoms with Crippen LogP contribution in [0.3, 0.4) is 0 Å². The van der Waals surface area contributed by atoms with Crippen molar-refractivity contribution in [3.63, 3.8) is 0 Å². The molecule has 1 rings (SSSR count). The minimum absolute atomic E-state index is 0.624. The van der Waals surface area contributed by atoms with Crippen LogP contribution in [0.25, 0.3) is 0 Å². The van der Waals surface area contributed by atoms with Crippen molar-refractivity contribution >= 4 is 12.6 Å². The molecule has 0 radical (unpaired) electrons. The fourth-order valence-corrected chi connectivity index (χ4v) is 5.49. The summed E-state index contributed by atoms with van der Waals surface area (Å²) in [5.41, 5.74) is 1.89. The fourth-order valence-electron chi connectivity index (χ4n) is 5.49. The van der Waals surface area contributed by atoms with Gasteiger partial charge >= 0.3 is 7.12 Å². The smallest absolute Gasteiger partial charge is 0.423 e. The Morgan fingerprint density at radius 3 is 1.37 bits per heavy atom. The lowest BCUT2D eigenvalue weighted by molar-refractivity contribution is -0.941. The summed E-state index contributed by atoms with van der Waals surface area (Å²) in [7, 11) is -1.38. The Morgan fingerprint density at radius 2 is 0.971 bits per heavy atom. The van der Waals surface area contributed by atoms with Crippen LogP contribution >= 0.6 is 0 Å². The number of benzene rings is 1. The molecule has 0 spiro atoms. The van der Waals surface area contributed by atoms with Crippen LogP contribution in [0, 0.1) is 0 Å². The zero-order chi connectivity index (χ0) is 25.6. The first kappa shape index (κ1) is 32.2. The molecule has 0 fully saturated rings. The molecule has 1 aromatic carbocycles. The molecule has 1 aromatic rings. The van der Waals surface area contributed by atoms with E-state index in [-0.39, 0.29) is 0 Å². The molecule has 0 atom stereocenters. The van der Waals surface area contributed by atoms with E-state index >= 15 is 0 Å². The van der Waals surface area contributed by atoms with Crippen molar-refractivity contribution in [2.24, 2.45) is 0 Å². The number of unbranched alkanes of at least 4 members (excludes halogenated alkanes) is 15. The highest BCUT2D eigenvalue weighted by molar-refractivity contribution is 6.58. The van der Waals surface area contributed by atoms with Crippen LogP contribution in [0.15, 0.2) is 24.3 Å². The van der Waals surface area contributed by atoms with E-state index in [2.05, 4.69) is 26.8 Å². The molecule has 0 heterocycles. The van der Waals surface area contributed by atoms with E-state index in [1.165, 1.54) is 145 Å². The monoisotopic (exact) mass is 488 g/mol. The number of quaternary nitrogens is 1. The Kier molecular flexibility index (Phi) is 19.6. The van der Waals surface area contributed by atoms with Gasteiger partial charge in [-0.1, -0.05) is 122 Å². The lowest BCUT2D eigenvalue weighted by atomic mass is 9.79. The van der Waals surface area contributed by atoms with E-state index in [1.54, 1.807) is 0 Å². The highest BCUT2D eigenvalue weighted by Crippen LogP contribution is 2.22. The van der Waals surface area contributed by atoms with Gasteiger partial charge in [0.1, 0.15) is 6.54 Å². The number of hydrogen-bond donors (Lipinski definition) is 2. The summed E-state index contributed by atoms with van der Waals surface area (Å²) < 4.78 is 1.18. The predicted molar refractivity (Wildman–Crippen MR) is 155 cm³/mol. The van der Waals surface area contributed by atoms with Gasteiger partial charge in [-0.2, -0.15) is 0 Å². The second kappa shape index (κ2) is 21.3. The molecule has 0 aliphatic heterocycles. The molecule has 0 saturated heterocycles. The third kappa shape index (κ3) is 15.8. The first-order valence-corrected chi connectivity index (χ1v) is 15.4. The summed E-state index contributed by atoms with van der Waals surface area (Å²) in [5, 5.41) is 19.5. The van der Waals surface area contributed by atoms with Gasteiger partial charge in [0.2, 0.25) is 0 Å². The molecule has 0 saturated carbocycles. The molecule has 35 heavy (non-hydrogen) atoms. The standard InChI is InChI=1S/C31H59BNO2/c1-4-7-10-13-16-19-25-33(26-20-17-14-11-8-5-2,27-21-18-15-12-9-6-3)29-30-23-22-24-31(28-30)32(34)35/h22-24,28,34-35H,4-21,25-27,29H2,1-3H3/q+1. The van der Waals surface area contributed by atoms with Gasteiger partial charge in [0, 0.05) is 5.56 Å². The van der Waals surface area contributed by atoms with Crippen molar-refractivity contribution in [2.75, 3.05) is 19.6 Å². The van der Waals surface area contributed by atoms with Crippen LogP contribution in [0.4, 0.5) is 0 Å².